The number of unbranched alkanes of at least 4 members (excludes halogenated alkanes) is 2. The molecule has 16 heavy (non-hydrogen) atoms. The standard InChI is InChI=1S/C12H25N3O/c1-3-4-5-8-14-11(16)12(13)6-9-15(2)10-7-12/h3-10,13H2,1-2H3,(H,14,16). The van der Waals surface area contributed by atoms with Gasteiger partial charge in [-0.2, -0.15) is 0 Å². The Balaban J connectivity index is 2.29. The maximum absolute atomic E-state index is 11.9. The van der Waals surface area contributed by atoms with E-state index in [-0.39, 0.29) is 5.91 Å². The van der Waals surface area contributed by atoms with Crippen molar-refractivity contribution in [3.8, 4) is 0 Å². The van der Waals surface area contributed by atoms with Gasteiger partial charge in [0, 0.05) is 19.6 Å². The number of likely N-dealkylation sites (tertiary alicyclic amines) is 1. The average Bonchev–Trinajstić information content (AvgIpc) is 2.28. The lowest BCUT2D eigenvalue weighted by atomic mass is 9.88. The van der Waals surface area contributed by atoms with E-state index in [1.807, 2.05) is 0 Å². The Morgan fingerprint density at radius 2 is 2.00 bits per heavy atom. The summed E-state index contributed by atoms with van der Waals surface area (Å²) in [6, 6.07) is 0. The molecule has 1 aliphatic rings. The lowest BCUT2D eigenvalue weighted by Crippen LogP contribution is -2.59. The number of amides is 1. The highest BCUT2D eigenvalue weighted by atomic mass is 16.2. The SMILES string of the molecule is CCCCCNC(=O)C1(N)CCN(C)CC1. The van der Waals surface area contributed by atoms with Gasteiger partial charge in [0.25, 0.3) is 0 Å². The minimum atomic E-state index is -0.626. The number of hydrogen-bond acceptors (Lipinski definition) is 3. The van der Waals surface area contributed by atoms with Crippen molar-refractivity contribution in [2.75, 3.05) is 26.7 Å². The van der Waals surface area contributed by atoms with Gasteiger partial charge in [-0.15, -0.1) is 0 Å². The third-order valence-corrected chi connectivity index (χ3v) is 3.40. The Hall–Kier alpha value is -0.610. The predicted molar refractivity (Wildman–Crippen MR) is 66.2 cm³/mol. The molecule has 1 saturated heterocycles. The zero-order valence-corrected chi connectivity index (χ0v) is 10.6. The molecule has 0 radical (unpaired) electrons. The minimum absolute atomic E-state index is 0.0386. The summed E-state index contributed by atoms with van der Waals surface area (Å²) < 4.78 is 0. The monoisotopic (exact) mass is 227 g/mol. The zero-order chi connectivity index (χ0) is 12.0. The number of carbonyl (C=O) groups excluding carboxylic acids is 1. The van der Waals surface area contributed by atoms with Gasteiger partial charge in [0.05, 0.1) is 5.54 Å². The van der Waals surface area contributed by atoms with Crippen LogP contribution < -0.4 is 11.1 Å². The van der Waals surface area contributed by atoms with Gasteiger partial charge in [-0.05, 0) is 26.3 Å². The third-order valence-electron chi connectivity index (χ3n) is 3.40. The van der Waals surface area contributed by atoms with E-state index in [1.165, 1.54) is 12.8 Å². The first-order valence-corrected chi connectivity index (χ1v) is 6.34. The van der Waals surface area contributed by atoms with Crippen LogP contribution in [0.1, 0.15) is 39.0 Å². The highest BCUT2D eigenvalue weighted by molar-refractivity contribution is 5.86. The second kappa shape index (κ2) is 6.21. The molecule has 0 saturated carbocycles. The molecule has 0 atom stereocenters. The van der Waals surface area contributed by atoms with Crippen LogP contribution in [0.5, 0.6) is 0 Å². The van der Waals surface area contributed by atoms with E-state index in [2.05, 4.69) is 24.2 Å². The molecule has 0 spiro atoms. The van der Waals surface area contributed by atoms with E-state index in [4.69, 9.17) is 5.73 Å². The molecule has 4 nitrogen and oxygen atoms in total. The van der Waals surface area contributed by atoms with Crippen molar-refractivity contribution in [3.05, 3.63) is 0 Å². The van der Waals surface area contributed by atoms with Crippen molar-refractivity contribution < 1.29 is 4.79 Å². The van der Waals surface area contributed by atoms with Crippen LogP contribution in [0.2, 0.25) is 0 Å². The molecule has 1 amide bonds. The molecule has 4 heteroatoms. The van der Waals surface area contributed by atoms with E-state index < -0.39 is 5.54 Å². The van der Waals surface area contributed by atoms with E-state index in [9.17, 15) is 4.79 Å². The van der Waals surface area contributed by atoms with Crippen LogP contribution in [0, 0.1) is 0 Å². The molecule has 0 aromatic heterocycles. The fraction of sp³-hybridized carbons (Fsp3) is 0.917. The molecule has 1 aliphatic heterocycles. The molecule has 0 unspecified atom stereocenters. The van der Waals surface area contributed by atoms with E-state index in [0.717, 1.165) is 38.9 Å². The topological polar surface area (TPSA) is 58.4 Å². The van der Waals surface area contributed by atoms with Gasteiger partial charge in [0.2, 0.25) is 5.91 Å². The van der Waals surface area contributed by atoms with Crippen molar-refractivity contribution in [3.63, 3.8) is 0 Å². The van der Waals surface area contributed by atoms with Crippen molar-refractivity contribution in [1.29, 1.82) is 0 Å². The van der Waals surface area contributed by atoms with Crippen LogP contribution in [-0.4, -0.2) is 43.0 Å². The molecular weight excluding hydrogens is 202 g/mol. The van der Waals surface area contributed by atoms with E-state index >= 15 is 0 Å². The summed E-state index contributed by atoms with van der Waals surface area (Å²) in [6.45, 7) is 4.75. The number of hydrogen-bond donors (Lipinski definition) is 2. The van der Waals surface area contributed by atoms with Crippen LogP contribution in [0.15, 0.2) is 0 Å². The average molecular weight is 227 g/mol. The quantitative estimate of drug-likeness (QED) is 0.680. The number of piperidine rings is 1. The molecule has 1 fully saturated rings. The summed E-state index contributed by atoms with van der Waals surface area (Å²) in [6.07, 6.45) is 4.93. The Morgan fingerprint density at radius 3 is 2.56 bits per heavy atom. The molecule has 0 aromatic rings. The Morgan fingerprint density at radius 1 is 1.38 bits per heavy atom. The third kappa shape index (κ3) is 3.76. The van der Waals surface area contributed by atoms with Crippen LogP contribution in [0.4, 0.5) is 0 Å². The van der Waals surface area contributed by atoms with Gasteiger partial charge in [-0.3, -0.25) is 4.79 Å². The molecular formula is C12H25N3O. The number of carbonyl (C=O) groups is 1. The van der Waals surface area contributed by atoms with Crippen molar-refractivity contribution in [2.24, 2.45) is 5.73 Å². The second-order valence-electron chi connectivity index (χ2n) is 4.92. The molecule has 0 aromatic carbocycles. The van der Waals surface area contributed by atoms with Gasteiger partial charge in [-0.1, -0.05) is 19.8 Å². The second-order valence-corrected chi connectivity index (χ2v) is 4.92. The number of nitrogens with two attached hydrogens (primary N) is 1. The smallest absolute Gasteiger partial charge is 0.240 e. The Kier molecular flexibility index (Phi) is 5.22. The van der Waals surface area contributed by atoms with Gasteiger partial charge in [0.15, 0.2) is 0 Å². The van der Waals surface area contributed by atoms with Gasteiger partial charge < -0.3 is 16.0 Å². The zero-order valence-electron chi connectivity index (χ0n) is 10.6. The maximum atomic E-state index is 11.9. The summed E-state index contributed by atoms with van der Waals surface area (Å²) in [5.74, 6) is 0.0386. The fourth-order valence-electron chi connectivity index (χ4n) is 2.00. The summed E-state index contributed by atoms with van der Waals surface area (Å²) in [5.41, 5.74) is 5.51. The Bertz CT molecular complexity index is 222. The minimum Gasteiger partial charge on any atom is -0.355 e. The van der Waals surface area contributed by atoms with Gasteiger partial charge in [0.1, 0.15) is 0 Å². The number of nitrogens with one attached hydrogen (secondary N) is 1. The summed E-state index contributed by atoms with van der Waals surface area (Å²) >= 11 is 0. The van der Waals surface area contributed by atoms with Gasteiger partial charge >= 0.3 is 0 Å². The largest absolute Gasteiger partial charge is 0.355 e. The van der Waals surface area contributed by atoms with Crippen molar-refractivity contribution >= 4 is 5.91 Å². The molecule has 94 valence electrons. The van der Waals surface area contributed by atoms with E-state index in [1.54, 1.807) is 0 Å². The molecule has 1 rings (SSSR count). The van der Waals surface area contributed by atoms with Crippen molar-refractivity contribution in [2.45, 2.75) is 44.6 Å². The lowest BCUT2D eigenvalue weighted by molar-refractivity contribution is -0.127. The molecule has 3 N–H and O–H groups in total. The number of rotatable bonds is 5. The maximum Gasteiger partial charge on any atom is 0.240 e. The lowest BCUT2D eigenvalue weighted by Gasteiger charge is -2.36. The first-order valence-electron chi connectivity index (χ1n) is 6.34. The van der Waals surface area contributed by atoms with Crippen LogP contribution in [0.25, 0.3) is 0 Å². The van der Waals surface area contributed by atoms with E-state index in [0.29, 0.717) is 0 Å². The summed E-state index contributed by atoms with van der Waals surface area (Å²) in [4.78, 5) is 14.2. The normalized spacial score (nSPS) is 20.7. The first kappa shape index (κ1) is 13.5. The highest BCUT2D eigenvalue weighted by Crippen LogP contribution is 2.18. The molecule has 1 heterocycles. The Labute approximate surface area is 98.6 Å². The van der Waals surface area contributed by atoms with Crippen LogP contribution in [-0.2, 0) is 4.79 Å². The fourth-order valence-corrected chi connectivity index (χ4v) is 2.00. The van der Waals surface area contributed by atoms with Gasteiger partial charge in [-0.25, -0.2) is 0 Å². The van der Waals surface area contributed by atoms with Crippen LogP contribution in [0.3, 0.4) is 0 Å². The van der Waals surface area contributed by atoms with Crippen LogP contribution >= 0.6 is 0 Å². The molecule has 0 bridgehead atoms. The molecule has 0 aliphatic carbocycles. The first-order chi connectivity index (χ1) is 7.58. The van der Waals surface area contributed by atoms with Crippen molar-refractivity contribution in [1.82, 2.24) is 10.2 Å². The highest BCUT2D eigenvalue weighted by Gasteiger charge is 2.36. The predicted octanol–water partition coefficient (Wildman–Crippen LogP) is 0.716. The number of nitrogens with zero attached hydrogens (tertiary/aromatic N) is 1. The summed E-state index contributed by atoms with van der Waals surface area (Å²) in [7, 11) is 2.07. The summed E-state index contributed by atoms with van der Waals surface area (Å²) in [5, 5.41) is 2.96.